The Labute approximate surface area is 194 Å². The highest BCUT2D eigenvalue weighted by molar-refractivity contribution is 9.10. The van der Waals surface area contributed by atoms with Gasteiger partial charge in [0.05, 0.1) is 46.1 Å². The quantitative estimate of drug-likeness (QED) is 0.450. The van der Waals surface area contributed by atoms with E-state index in [4.69, 9.17) is 9.47 Å². The molecule has 0 atom stereocenters. The van der Waals surface area contributed by atoms with E-state index in [1.165, 1.54) is 12.0 Å². The number of aromatic nitrogens is 1. The summed E-state index contributed by atoms with van der Waals surface area (Å²) in [6.07, 6.45) is 0. The van der Waals surface area contributed by atoms with E-state index in [0.29, 0.717) is 12.2 Å². The van der Waals surface area contributed by atoms with Crippen molar-refractivity contribution in [2.24, 2.45) is 0 Å². The fourth-order valence-electron chi connectivity index (χ4n) is 4.01. The number of quaternary nitrogens is 1. The second kappa shape index (κ2) is 9.62. The van der Waals surface area contributed by atoms with Crippen LogP contribution in [0, 0.1) is 0 Å². The van der Waals surface area contributed by atoms with Gasteiger partial charge in [0.1, 0.15) is 11.4 Å². The van der Waals surface area contributed by atoms with Gasteiger partial charge in [-0.15, -0.1) is 0 Å². The normalized spacial score (nSPS) is 14.4. The number of carbonyl (C=O) groups is 2. The molecule has 1 aliphatic heterocycles. The van der Waals surface area contributed by atoms with Crippen LogP contribution in [0.3, 0.4) is 0 Å². The molecule has 2 heterocycles. The zero-order chi connectivity index (χ0) is 22.7. The van der Waals surface area contributed by atoms with Crippen molar-refractivity contribution in [3.8, 4) is 5.75 Å². The van der Waals surface area contributed by atoms with Crippen LogP contribution in [0.25, 0.3) is 10.9 Å². The molecule has 8 nitrogen and oxygen atoms in total. The van der Waals surface area contributed by atoms with Crippen LogP contribution in [0.2, 0.25) is 0 Å². The molecule has 4 rings (SSSR count). The predicted molar refractivity (Wildman–Crippen MR) is 127 cm³/mol. The molecule has 1 aromatic heterocycles. The lowest BCUT2D eigenvalue weighted by atomic mass is 10.2. The topological polar surface area (TPSA) is 88.1 Å². The molecule has 3 N–H and O–H groups in total. The van der Waals surface area contributed by atoms with Crippen LogP contribution in [-0.4, -0.2) is 63.8 Å². The van der Waals surface area contributed by atoms with Crippen LogP contribution < -0.4 is 19.9 Å². The minimum Gasteiger partial charge on any atom is -0.497 e. The number of anilines is 2. The highest BCUT2D eigenvalue weighted by Crippen LogP contribution is 2.30. The third-order valence-electron chi connectivity index (χ3n) is 5.73. The van der Waals surface area contributed by atoms with Crippen LogP contribution in [0.5, 0.6) is 5.75 Å². The van der Waals surface area contributed by atoms with E-state index in [0.717, 1.165) is 53.0 Å². The number of halogens is 1. The monoisotopic (exact) mass is 501 g/mol. The van der Waals surface area contributed by atoms with Gasteiger partial charge in [0.25, 0.3) is 5.91 Å². The van der Waals surface area contributed by atoms with E-state index in [9.17, 15) is 9.59 Å². The number of aromatic amines is 1. The molecule has 1 amide bonds. The Balaban J connectivity index is 1.40. The first-order valence-electron chi connectivity index (χ1n) is 10.4. The van der Waals surface area contributed by atoms with Gasteiger partial charge in [-0.1, -0.05) is 15.9 Å². The highest BCUT2D eigenvalue weighted by Gasteiger charge is 2.25. The first kappa shape index (κ1) is 22.2. The standard InChI is InChI=1S/C23H25BrN4O4/c1-31-17-6-4-16(5-7-17)28-11-9-27(10-12-28)14-20(29)26-21-18-13-15(24)3-8-19(18)25-22(21)23(30)32-2/h3-8,13,25H,9-12,14H2,1-2H3,(H,26,29)/p+1. The number of esters is 1. The number of nitrogens with zero attached hydrogens (tertiary/aromatic N) is 1. The van der Waals surface area contributed by atoms with E-state index < -0.39 is 5.97 Å². The van der Waals surface area contributed by atoms with Crippen molar-refractivity contribution in [3.63, 3.8) is 0 Å². The zero-order valence-electron chi connectivity index (χ0n) is 18.0. The fraction of sp³-hybridized carbons (Fsp3) is 0.304. The number of benzene rings is 2. The molecule has 2 aromatic carbocycles. The molecule has 1 fully saturated rings. The largest absolute Gasteiger partial charge is 0.497 e. The summed E-state index contributed by atoms with van der Waals surface area (Å²) in [5.74, 6) is 0.183. The predicted octanol–water partition coefficient (Wildman–Crippen LogP) is 2.07. The lowest BCUT2D eigenvalue weighted by Gasteiger charge is -2.33. The second-order valence-electron chi connectivity index (χ2n) is 7.72. The number of carbonyl (C=O) groups excluding carboxylic acids is 2. The van der Waals surface area contributed by atoms with Crippen molar-refractivity contribution in [2.75, 3.05) is 57.2 Å². The van der Waals surface area contributed by atoms with Gasteiger partial charge in [0.2, 0.25) is 0 Å². The zero-order valence-corrected chi connectivity index (χ0v) is 19.6. The molecule has 0 radical (unpaired) electrons. The maximum atomic E-state index is 12.9. The summed E-state index contributed by atoms with van der Waals surface area (Å²) < 4.78 is 11.0. The number of ether oxygens (including phenoxy) is 2. The Morgan fingerprint density at radius 2 is 1.84 bits per heavy atom. The minimum absolute atomic E-state index is 0.135. The van der Waals surface area contributed by atoms with Gasteiger partial charge in [-0.2, -0.15) is 0 Å². The Hall–Kier alpha value is -3.04. The number of hydrogen-bond donors (Lipinski definition) is 3. The molecule has 0 aliphatic carbocycles. The van der Waals surface area contributed by atoms with Crippen molar-refractivity contribution in [1.82, 2.24) is 4.98 Å². The maximum absolute atomic E-state index is 12.9. The first-order valence-corrected chi connectivity index (χ1v) is 11.2. The molecule has 0 unspecified atom stereocenters. The van der Waals surface area contributed by atoms with Crippen molar-refractivity contribution in [3.05, 3.63) is 52.6 Å². The third kappa shape index (κ3) is 4.73. The molecule has 0 saturated carbocycles. The Morgan fingerprint density at radius 1 is 1.12 bits per heavy atom. The van der Waals surface area contributed by atoms with Crippen molar-refractivity contribution < 1.29 is 24.0 Å². The smallest absolute Gasteiger partial charge is 0.356 e. The number of rotatable bonds is 6. The SMILES string of the molecule is COC(=O)c1[nH]c2ccc(Br)cc2c1NC(=O)C[NH+]1CCN(c2ccc(OC)cc2)CC1. The van der Waals surface area contributed by atoms with Crippen LogP contribution in [0.4, 0.5) is 11.4 Å². The number of piperazine rings is 1. The Morgan fingerprint density at radius 3 is 2.50 bits per heavy atom. The molecule has 0 bridgehead atoms. The molecule has 168 valence electrons. The van der Waals surface area contributed by atoms with Gasteiger partial charge >= 0.3 is 5.97 Å². The highest BCUT2D eigenvalue weighted by atomic mass is 79.9. The van der Waals surface area contributed by atoms with Crippen molar-refractivity contribution in [2.45, 2.75) is 0 Å². The number of fused-ring (bicyclic) bond motifs is 1. The van der Waals surface area contributed by atoms with E-state index in [1.54, 1.807) is 7.11 Å². The number of hydrogen-bond acceptors (Lipinski definition) is 5. The van der Waals surface area contributed by atoms with E-state index in [1.807, 2.05) is 30.3 Å². The summed E-state index contributed by atoms with van der Waals surface area (Å²) in [6.45, 7) is 3.76. The van der Waals surface area contributed by atoms with E-state index in [-0.39, 0.29) is 11.6 Å². The second-order valence-corrected chi connectivity index (χ2v) is 8.63. The fourth-order valence-corrected chi connectivity index (χ4v) is 4.37. The van der Waals surface area contributed by atoms with Crippen molar-refractivity contribution >= 4 is 50.1 Å². The molecular formula is C23H26BrN4O4+. The maximum Gasteiger partial charge on any atom is 0.356 e. The lowest BCUT2D eigenvalue weighted by molar-refractivity contribution is -0.892. The van der Waals surface area contributed by atoms with Gasteiger partial charge in [0.15, 0.2) is 6.54 Å². The molecule has 1 saturated heterocycles. The van der Waals surface area contributed by atoms with Gasteiger partial charge in [-0.3, -0.25) is 4.79 Å². The van der Waals surface area contributed by atoms with Crippen LogP contribution in [0.1, 0.15) is 10.5 Å². The van der Waals surface area contributed by atoms with Gasteiger partial charge in [0, 0.05) is 21.1 Å². The lowest BCUT2D eigenvalue weighted by Crippen LogP contribution is -3.15. The van der Waals surface area contributed by atoms with Gasteiger partial charge in [-0.25, -0.2) is 4.79 Å². The average Bonchev–Trinajstić information content (AvgIpc) is 3.16. The van der Waals surface area contributed by atoms with Crippen LogP contribution in [0.15, 0.2) is 46.9 Å². The number of nitrogens with one attached hydrogen (secondary N) is 3. The first-order chi connectivity index (χ1) is 15.5. The van der Waals surface area contributed by atoms with Crippen molar-refractivity contribution in [1.29, 1.82) is 0 Å². The number of amides is 1. The summed E-state index contributed by atoms with van der Waals surface area (Å²) in [7, 11) is 2.98. The summed E-state index contributed by atoms with van der Waals surface area (Å²) in [4.78, 5) is 31.7. The molecular weight excluding hydrogens is 476 g/mol. The van der Waals surface area contributed by atoms with Gasteiger partial charge in [-0.05, 0) is 42.5 Å². The summed E-state index contributed by atoms with van der Waals surface area (Å²) >= 11 is 3.45. The summed E-state index contributed by atoms with van der Waals surface area (Å²) in [6, 6.07) is 13.6. The third-order valence-corrected chi connectivity index (χ3v) is 6.23. The summed E-state index contributed by atoms with van der Waals surface area (Å²) in [5.41, 5.74) is 2.61. The van der Waals surface area contributed by atoms with E-state index in [2.05, 4.69) is 43.3 Å². The summed E-state index contributed by atoms with van der Waals surface area (Å²) in [5, 5.41) is 3.70. The van der Waals surface area contributed by atoms with Crippen LogP contribution >= 0.6 is 15.9 Å². The molecule has 32 heavy (non-hydrogen) atoms. The Bertz CT molecular complexity index is 1120. The average molecular weight is 502 g/mol. The number of methoxy groups -OCH3 is 2. The molecule has 1 aliphatic rings. The van der Waals surface area contributed by atoms with Gasteiger partial charge < -0.3 is 29.6 Å². The molecule has 9 heteroatoms. The Kier molecular flexibility index (Phi) is 6.66. The minimum atomic E-state index is -0.520. The van der Waals surface area contributed by atoms with Crippen LogP contribution in [-0.2, 0) is 9.53 Å². The number of H-pyrrole nitrogens is 1. The molecule has 0 spiro atoms. The van der Waals surface area contributed by atoms with E-state index >= 15 is 0 Å². The molecule has 3 aromatic rings.